The molecule has 1 aliphatic rings. The predicted molar refractivity (Wildman–Crippen MR) is 118 cm³/mol. The summed E-state index contributed by atoms with van der Waals surface area (Å²) in [6, 6.07) is 12.6. The second kappa shape index (κ2) is 8.81. The number of nitrogens with zero attached hydrogens (tertiary/aromatic N) is 4. The second-order valence-electron chi connectivity index (χ2n) is 6.84. The van der Waals surface area contributed by atoms with Crippen LogP contribution < -0.4 is 0 Å². The van der Waals surface area contributed by atoms with Gasteiger partial charge in [0, 0.05) is 32.3 Å². The molecule has 8 heteroatoms. The van der Waals surface area contributed by atoms with Gasteiger partial charge < -0.3 is 9.80 Å². The molecule has 1 aliphatic heterocycles. The van der Waals surface area contributed by atoms with E-state index in [1.807, 2.05) is 24.3 Å². The van der Waals surface area contributed by atoms with Gasteiger partial charge in [-0.15, -0.1) is 0 Å². The Hall–Kier alpha value is -2.96. The molecule has 152 valence electrons. The Morgan fingerprint density at radius 1 is 0.900 bits per heavy atom. The quantitative estimate of drug-likeness (QED) is 0.578. The first-order valence-electron chi connectivity index (χ1n) is 9.45. The predicted octanol–water partition coefficient (Wildman–Crippen LogP) is 3.93. The standard InChI is InChI=1S/C22H18Cl2N4O2/c23-17-5-3-4-16(21(17)24)22(30)28-12-10-27(11-13-28)20(29)9-8-15-14-25-18-6-1-2-7-19(18)26-15/h1-9,14H,10-13H2/b9-8+. The molecule has 3 aromatic rings. The number of benzene rings is 2. The summed E-state index contributed by atoms with van der Waals surface area (Å²) < 4.78 is 0. The SMILES string of the molecule is O=C(/C=C/c1cnc2ccccc2n1)N1CCN(C(=O)c2cccc(Cl)c2Cl)CC1. The number of amides is 2. The first kappa shape index (κ1) is 20.3. The molecular weight excluding hydrogens is 423 g/mol. The lowest BCUT2D eigenvalue weighted by atomic mass is 10.1. The van der Waals surface area contributed by atoms with Crippen molar-refractivity contribution < 1.29 is 9.59 Å². The minimum Gasteiger partial charge on any atom is -0.336 e. The van der Waals surface area contributed by atoms with Crippen LogP contribution in [0.2, 0.25) is 10.0 Å². The molecule has 2 amide bonds. The van der Waals surface area contributed by atoms with Crippen molar-refractivity contribution >= 4 is 52.1 Å². The number of piperazine rings is 1. The van der Waals surface area contributed by atoms with Crippen LogP contribution in [-0.2, 0) is 4.79 Å². The van der Waals surface area contributed by atoms with Crippen molar-refractivity contribution in [3.05, 3.63) is 76.0 Å². The molecule has 4 rings (SSSR count). The van der Waals surface area contributed by atoms with Gasteiger partial charge in [-0.2, -0.15) is 0 Å². The first-order chi connectivity index (χ1) is 14.5. The summed E-state index contributed by atoms with van der Waals surface area (Å²) in [5.41, 5.74) is 2.57. The van der Waals surface area contributed by atoms with Gasteiger partial charge >= 0.3 is 0 Å². The Balaban J connectivity index is 1.37. The summed E-state index contributed by atoms with van der Waals surface area (Å²) in [6.07, 6.45) is 4.78. The highest BCUT2D eigenvalue weighted by Gasteiger charge is 2.25. The molecule has 1 fully saturated rings. The minimum absolute atomic E-state index is 0.127. The smallest absolute Gasteiger partial charge is 0.255 e. The van der Waals surface area contributed by atoms with Gasteiger partial charge in [0.05, 0.1) is 38.5 Å². The topological polar surface area (TPSA) is 66.4 Å². The summed E-state index contributed by atoms with van der Waals surface area (Å²) in [5, 5.41) is 0.598. The van der Waals surface area contributed by atoms with Crippen LogP contribution in [0.3, 0.4) is 0 Å². The Morgan fingerprint density at radius 3 is 2.37 bits per heavy atom. The minimum atomic E-state index is -0.184. The van der Waals surface area contributed by atoms with Crippen molar-refractivity contribution in [1.82, 2.24) is 19.8 Å². The van der Waals surface area contributed by atoms with E-state index in [-0.39, 0.29) is 16.8 Å². The third-order valence-corrected chi connectivity index (χ3v) is 5.74. The summed E-state index contributed by atoms with van der Waals surface area (Å²) in [6.45, 7) is 1.74. The number of aromatic nitrogens is 2. The van der Waals surface area contributed by atoms with E-state index in [1.165, 1.54) is 6.08 Å². The van der Waals surface area contributed by atoms with E-state index in [1.54, 1.807) is 40.3 Å². The lowest BCUT2D eigenvalue weighted by Gasteiger charge is -2.34. The Labute approximate surface area is 183 Å². The molecule has 0 saturated carbocycles. The normalized spacial score (nSPS) is 14.5. The molecule has 0 N–H and O–H groups in total. The fourth-order valence-corrected chi connectivity index (χ4v) is 3.66. The summed E-state index contributed by atoms with van der Waals surface area (Å²) >= 11 is 12.2. The number of rotatable bonds is 3. The fourth-order valence-electron chi connectivity index (χ4n) is 3.28. The van der Waals surface area contributed by atoms with Crippen molar-refractivity contribution in [2.24, 2.45) is 0 Å². The molecule has 0 radical (unpaired) electrons. The van der Waals surface area contributed by atoms with E-state index >= 15 is 0 Å². The third kappa shape index (κ3) is 4.30. The van der Waals surface area contributed by atoms with E-state index in [9.17, 15) is 9.59 Å². The number of hydrogen-bond acceptors (Lipinski definition) is 4. The average molecular weight is 441 g/mol. The van der Waals surface area contributed by atoms with E-state index in [0.29, 0.717) is 42.5 Å². The summed E-state index contributed by atoms with van der Waals surface area (Å²) in [7, 11) is 0. The molecule has 6 nitrogen and oxygen atoms in total. The van der Waals surface area contributed by atoms with Crippen LogP contribution in [0.1, 0.15) is 16.1 Å². The van der Waals surface area contributed by atoms with Gasteiger partial charge in [-0.1, -0.05) is 41.4 Å². The molecular formula is C22H18Cl2N4O2. The zero-order valence-corrected chi connectivity index (χ0v) is 17.5. The van der Waals surface area contributed by atoms with Gasteiger partial charge in [0.1, 0.15) is 0 Å². The van der Waals surface area contributed by atoms with Crippen molar-refractivity contribution in [2.45, 2.75) is 0 Å². The molecule has 30 heavy (non-hydrogen) atoms. The van der Waals surface area contributed by atoms with E-state index in [0.717, 1.165) is 11.0 Å². The van der Waals surface area contributed by atoms with Gasteiger partial charge in [0.15, 0.2) is 0 Å². The van der Waals surface area contributed by atoms with Gasteiger partial charge in [0.25, 0.3) is 5.91 Å². The molecule has 0 atom stereocenters. The molecule has 2 heterocycles. The lowest BCUT2D eigenvalue weighted by molar-refractivity contribution is -0.127. The largest absolute Gasteiger partial charge is 0.336 e. The Kier molecular flexibility index (Phi) is 5.97. The number of carbonyl (C=O) groups is 2. The van der Waals surface area contributed by atoms with Crippen LogP contribution in [0.15, 0.2) is 54.7 Å². The highest BCUT2D eigenvalue weighted by Crippen LogP contribution is 2.26. The molecule has 1 saturated heterocycles. The van der Waals surface area contributed by atoms with Gasteiger partial charge in [0.2, 0.25) is 5.91 Å². The Morgan fingerprint density at radius 2 is 1.60 bits per heavy atom. The van der Waals surface area contributed by atoms with E-state index < -0.39 is 0 Å². The van der Waals surface area contributed by atoms with Crippen molar-refractivity contribution in [2.75, 3.05) is 26.2 Å². The fraction of sp³-hybridized carbons (Fsp3) is 0.182. The monoisotopic (exact) mass is 440 g/mol. The lowest BCUT2D eigenvalue weighted by Crippen LogP contribution is -2.50. The molecule has 0 unspecified atom stereocenters. The van der Waals surface area contributed by atoms with Crippen LogP contribution >= 0.6 is 23.2 Å². The highest BCUT2D eigenvalue weighted by molar-refractivity contribution is 6.43. The Bertz CT molecular complexity index is 1140. The maximum atomic E-state index is 12.7. The second-order valence-corrected chi connectivity index (χ2v) is 7.62. The molecule has 0 aliphatic carbocycles. The molecule has 2 aromatic carbocycles. The van der Waals surface area contributed by atoms with Gasteiger partial charge in [-0.3, -0.25) is 14.6 Å². The van der Waals surface area contributed by atoms with Gasteiger partial charge in [-0.25, -0.2) is 4.98 Å². The number of para-hydroxylation sites is 2. The molecule has 0 spiro atoms. The summed E-state index contributed by atoms with van der Waals surface area (Å²) in [5.74, 6) is -0.311. The van der Waals surface area contributed by atoms with Crippen LogP contribution in [0.4, 0.5) is 0 Å². The first-order valence-corrected chi connectivity index (χ1v) is 10.2. The number of halogens is 2. The van der Waals surface area contributed by atoms with Crippen LogP contribution in [0.25, 0.3) is 17.1 Å². The maximum absolute atomic E-state index is 12.7. The van der Waals surface area contributed by atoms with Gasteiger partial charge in [-0.05, 0) is 30.3 Å². The average Bonchev–Trinajstić information content (AvgIpc) is 2.79. The van der Waals surface area contributed by atoms with Crippen LogP contribution in [0, 0.1) is 0 Å². The van der Waals surface area contributed by atoms with Crippen molar-refractivity contribution in [3.63, 3.8) is 0 Å². The van der Waals surface area contributed by atoms with Crippen molar-refractivity contribution in [3.8, 4) is 0 Å². The highest BCUT2D eigenvalue weighted by atomic mass is 35.5. The van der Waals surface area contributed by atoms with E-state index in [2.05, 4.69) is 9.97 Å². The van der Waals surface area contributed by atoms with Crippen molar-refractivity contribution in [1.29, 1.82) is 0 Å². The third-order valence-electron chi connectivity index (χ3n) is 4.92. The van der Waals surface area contributed by atoms with Crippen LogP contribution in [0.5, 0.6) is 0 Å². The van der Waals surface area contributed by atoms with E-state index in [4.69, 9.17) is 23.2 Å². The number of hydrogen-bond donors (Lipinski definition) is 0. The summed E-state index contributed by atoms with van der Waals surface area (Å²) in [4.78, 5) is 37.4. The zero-order chi connectivity index (χ0) is 21.1. The number of fused-ring (bicyclic) bond motifs is 1. The molecule has 0 bridgehead atoms. The number of carbonyl (C=O) groups excluding carboxylic acids is 2. The van der Waals surface area contributed by atoms with Crippen LogP contribution in [-0.4, -0.2) is 57.8 Å². The maximum Gasteiger partial charge on any atom is 0.255 e. The zero-order valence-electron chi connectivity index (χ0n) is 16.0. The molecule has 1 aromatic heterocycles.